The maximum absolute atomic E-state index is 12.9. The van der Waals surface area contributed by atoms with Gasteiger partial charge in [-0.25, -0.2) is 0 Å². The van der Waals surface area contributed by atoms with E-state index in [0.717, 1.165) is 122 Å². The number of unbranched alkanes of at least 4 members (excludes halogenated alkanes) is 24. The molecule has 0 aromatic heterocycles. The van der Waals surface area contributed by atoms with Crippen LogP contribution in [0, 0.1) is 0 Å². The summed E-state index contributed by atoms with van der Waals surface area (Å²) < 4.78 is 16.8. The molecule has 0 rings (SSSR count). The van der Waals surface area contributed by atoms with Gasteiger partial charge in [0.15, 0.2) is 6.10 Å². The average Bonchev–Trinajstić information content (AvgIpc) is 3.35. The largest absolute Gasteiger partial charge is 0.462 e. The molecule has 0 radical (unpaired) electrons. The van der Waals surface area contributed by atoms with Gasteiger partial charge in [-0.2, -0.15) is 0 Å². The Morgan fingerprint density at radius 2 is 0.565 bits per heavy atom. The van der Waals surface area contributed by atoms with E-state index < -0.39 is 6.10 Å². The lowest BCUT2D eigenvalue weighted by Crippen LogP contribution is -2.30. The van der Waals surface area contributed by atoms with Crippen LogP contribution < -0.4 is 0 Å². The van der Waals surface area contributed by atoms with E-state index in [0.29, 0.717) is 19.3 Å². The van der Waals surface area contributed by atoms with Crippen LogP contribution in [0.15, 0.2) is 97.2 Å². The van der Waals surface area contributed by atoms with Gasteiger partial charge in [0.2, 0.25) is 0 Å². The van der Waals surface area contributed by atoms with Crippen molar-refractivity contribution < 1.29 is 28.6 Å². The average molecular weight is 960 g/mol. The monoisotopic (exact) mass is 959 g/mol. The van der Waals surface area contributed by atoms with E-state index >= 15 is 0 Å². The Balaban J connectivity index is 4.46. The van der Waals surface area contributed by atoms with Crippen molar-refractivity contribution in [1.82, 2.24) is 0 Å². The quantitative estimate of drug-likeness (QED) is 0.0262. The predicted molar refractivity (Wildman–Crippen MR) is 297 cm³/mol. The fourth-order valence-electron chi connectivity index (χ4n) is 7.84. The fourth-order valence-corrected chi connectivity index (χ4v) is 7.84. The molecule has 0 bridgehead atoms. The van der Waals surface area contributed by atoms with Crippen molar-refractivity contribution in [3.8, 4) is 0 Å². The lowest BCUT2D eigenvalue weighted by Gasteiger charge is -2.18. The molecule has 1 atom stereocenters. The maximum Gasteiger partial charge on any atom is 0.306 e. The van der Waals surface area contributed by atoms with Crippen LogP contribution in [-0.4, -0.2) is 37.2 Å². The molecule has 0 aliphatic heterocycles. The normalized spacial score (nSPS) is 12.8. The van der Waals surface area contributed by atoms with Crippen LogP contribution in [0.25, 0.3) is 0 Å². The van der Waals surface area contributed by atoms with E-state index in [-0.39, 0.29) is 31.1 Å². The van der Waals surface area contributed by atoms with Gasteiger partial charge >= 0.3 is 17.9 Å². The lowest BCUT2D eigenvalue weighted by molar-refractivity contribution is -0.167. The number of hydrogen-bond acceptors (Lipinski definition) is 6. The van der Waals surface area contributed by atoms with Gasteiger partial charge < -0.3 is 14.2 Å². The number of carbonyl (C=O) groups is 3. The highest BCUT2D eigenvalue weighted by atomic mass is 16.6. The molecule has 1 unspecified atom stereocenters. The minimum atomic E-state index is -0.796. The van der Waals surface area contributed by atoms with Gasteiger partial charge in [-0.05, 0) is 96.3 Å². The first-order chi connectivity index (χ1) is 34.0. The van der Waals surface area contributed by atoms with Crippen molar-refractivity contribution in [1.29, 1.82) is 0 Å². The van der Waals surface area contributed by atoms with Crippen LogP contribution in [0.3, 0.4) is 0 Å². The molecular formula is C63H106O6. The second kappa shape index (κ2) is 56.9. The molecule has 0 amide bonds. The number of ether oxygens (including phenoxy) is 3. The smallest absolute Gasteiger partial charge is 0.306 e. The number of hydrogen-bond donors (Lipinski definition) is 0. The minimum absolute atomic E-state index is 0.0909. The molecule has 0 aromatic rings. The van der Waals surface area contributed by atoms with Crippen molar-refractivity contribution in [2.45, 2.75) is 271 Å². The second-order valence-electron chi connectivity index (χ2n) is 18.8. The number of rotatable bonds is 51. The molecule has 0 saturated heterocycles. The Hall–Kier alpha value is -3.67. The lowest BCUT2D eigenvalue weighted by atomic mass is 10.0. The minimum Gasteiger partial charge on any atom is -0.462 e. The molecule has 6 heteroatoms. The topological polar surface area (TPSA) is 78.9 Å². The van der Waals surface area contributed by atoms with E-state index in [1.807, 2.05) is 0 Å². The summed E-state index contributed by atoms with van der Waals surface area (Å²) in [5, 5.41) is 0. The molecular weight excluding hydrogens is 853 g/mol. The predicted octanol–water partition coefficient (Wildman–Crippen LogP) is 19.3. The Kier molecular flexibility index (Phi) is 53.9. The SMILES string of the molecule is CC/C=C\C/C=C\C/C=C\C/C=C\C/C=C\CCCCCC(=O)OCC(COC(=O)CCCCCCCCCCCCCCCCC)OC(=O)CCCCCCCCC/C=C\C/C=C\C/C=C\CC. The van der Waals surface area contributed by atoms with Crippen molar-refractivity contribution >= 4 is 17.9 Å². The summed E-state index contributed by atoms with van der Waals surface area (Å²) in [6, 6.07) is 0. The zero-order chi connectivity index (χ0) is 50.0. The summed E-state index contributed by atoms with van der Waals surface area (Å²) in [7, 11) is 0. The molecule has 0 spiro atoms. The first-order valence-electron chi connectivity index (χ1n) is 28.7. The Morgan fingerprint density at radius 3 is 0.899 bits per heavy atom. The van der Waals surface area contributed by atoms with Crippen LogP contribution in [-0.2, 0) is 28.6 Å². The number of carbonyl (C=O) groups excluding carboxylic acids is 3. The van der Waals surface area contributed by atoms with Gasteiger partial charge in [0.1, 0.15) is 13.2 Å². The molecule has 69 heavy (non-hydrogen) atoms. The third kappa shape index (κ3) is 55.1. The highest BCUT2D eigenvalue weighted by molar-refractivity contribution is 5.71. The van der Waals surface area contributed by atoms with E-state index in [9.17, 15) is 14.4 Å². The zero-order valence-electron chi connectivity index (χ0n) is 45.0. The maximum atomic E-state index is 12.9. The van der Waals surface area contributed by atoms with Gasteiger partial charge in [-0.3, -0.25) is 14.4 Å². The highest BCUT2D eigenvalue weighted by Crippen LogP contribution is 2.15. The Labute approximate surface area is 426 Å². The van der Waals surface area contributed by atoms with Crippen molar-refractivity contribution in [2.24, 2.45) is 0 Å². The first kappa shape index (κ1) is 65.3. The van der Waals surface area contributed by atoms with Gasteiger partial charge in [0.25, 0.3) is 0 Å². The second-order valence-corrected chi connectivity index (χ2v) is 18.8. The molecule has 0 aliphatic rings. The molecule has 0 heterocycles. The van der Waals surface area contributed by atoms with Gasteiger partial charge in [0.05, 0.1) is 0 Å². The van der Waals surface area contributed by atoms with Crippen molar-refractivity contribution in [3.05, 3.63) is 97.2 Å². The van der Waals surface area contributed by atoms with Crippen LogP contribution in [0.4, 0.5) is 0 Å². The molecule has 0 N–H and O–H groups in total. The van der Waals surface area contributed by atoms with E-state index in [2.05, 4.69) is 118 Å². The summed E-state index contributed by atoms with van der Waals surface area (Å²) in [6.07, 6.45) is 75.3. The van der Waals surface area contributed by atoms with Crippen molar-refractivity contribution in [3.63, 3.8) is 0 Å². The fraction of sp³-hybridized carbons (Fsp3) is 0.698. The van der Waals surface area contributed by atoms with Crippen molar-refractivity contribution in [2.75, 3.05) is 13.2 Å². The van der Waals surface area contributed by atoms with Crippen LogP contribution in [0.2, 0.25) is 0 Å². The summed E-state index contributed by atoms with van der Waals surface area (Å²) >= 11 is 0. The summed E-state index contributed by atoms with van der Waals surface area (Å²) in [4.78, 5) is 38.2. The first-order valence-corrected chi connectivity index (χ1v) is 28.7. The van der Waals surface area contributed by atoms with E-state index in [4.69, 9.17) is 14.2 Å². The van der Waals surface area contributed by atoms with Crippen LogP contribution in [0.5, 0.6) is 0 Å². The van der Waals surface area contributed by atoms with E-state index in [1.165, 1.54) is 103 Å². The molecule has 394 valence electrons. The van der Waals surface area contributed by atoms with E-state index in [1.54, 1.807) is 0 Å². The zero-order valence-corrected chi connectivity index (χ0v) is 45.0. The Bertz CT molecular complexity index is 1380. The molecule has 0 aliphatic carbocycles. The summed E-state index contributed by atoms with van der Waals surface area (Å²) in [5.41, 5.74) is 0. The van der Waals surface area contributed by atoms with Gasteiger partial charge in [-0.1, -0.05) is 246 Å². The number of esters is 3. The number of allylic oxidation sites excluding steroid dienone is 16. The highest BCUT2D eigenvalue weighted by Gasteiger charge is 2.19. The van der Waals surface area contributed by atoms with Gasteiger partial charge in [0, 0.05) is 19.3 Å². The Morgan fingerprint density at radius 1 is 0.304 bits per heavy atom. The standard InChI is InChI=1S/C63H106O6/c1-4-7-10-13-16-19-22-25-28-30-31-33-35-38-41-44-47-50-53-56-62(65)68-59-60(58-67-61(64)55-52-49-46-43-40-37-34-27-24-21-18-15-12-9-6-3)69-63(66)57-54-51-48-45-42-39-36-32-29-26-23-20-17-14-11-8-5-2/h7-8,10-11,16-17,19-20,25-26,28-29,31,33,38,41,60H,4-6,9,12-15,18,21-24,27,30,32,34-37,39-40,42-59H2,1-3H3/b10-7-,11-8-,19-16-,20-17-,28-25-,29-26-,33-31-,41-38-. The third-order valence-corrected chi connectivity index (χ3v) is 12.1. The van der Waals surface area contributed by atoms with Gasteiger partial charge in [-0.15, -0.1) is 0 Å². The third-order valence-electron chi connectivity index (χ3n) is 12.1. The molecule has 0 saturated carbocycles. The molecule has 6 nitrogen and oxygen atoms in total. The summed E-state index contributed by atoms with van der Waals surface area (Å²) in [5.74, 6) is -0.929. The summed E-state index contributed by atoms with van der Waals surface area (Å²) in [6.45, 7) is 6.39. The molecule has 0 aromatic carbocycles. The van der Waals surface area contributed by atoms with Crippen LogP contribution in [0.1, 0.15) is 265 Å². The molecule has 0 fully saturated rings. The van der Waals surface area contributed by atoms with Crippen LogP contribution >= 0.6 is 0 Å².